The molecule has 0 amide bonds. The normalized spacial score (nSPS) is 18.9. The van der Waals surface area contributed by atoms with Crippen LogP contribution in [0.15, 0.2) is 0 Å². The molecule has 0 unspecified atom stereocenters. The van der Waals surface area contributed by atoms with Gasteiger partial charge in [0.25, 0.3) is 0 Å². The molecule has 0 aromatic heterocycles. The van der Waals surface area contributed by atoms with Crippen LogP contribution in [0.25, 0.3) is 0 Å². The summed E-state index contributed by atoms with van der Waals surface area (Å²) >= 11 is 0. The number of carbonyl (C=O) groups is 2. The predicted molar refractivity (Wildman–Crippen MR) is 70.7 cm³/mol. The van der Waals surface area contributed by atoms with Crippen LogP contribution in [-0.2, 0) is 19.1 Å². The van der Waals surface area contributed by atoms with Gasteiger partial charge in [-0.1, -0.05) is 0 Å². The molecule has 6 nitrogen and oxygen atoms in total. The van der Waals surface area contributed by atoms with Crippen molar-refractivity contribution in [2.24, 2.45) is 0 Å². The van der Waals surface area contributed by atoms with Crippen LogP contribution in [-0.4, -0.2) is 74.2 Å². The van der Waals surface area contributed by atoms with Crippen LogP contribution in [0.1, 0.15) is 20.3 Å². The lowest BCUT2D eigenvalue weighted by atomic mass is 10.1. The fraction of sp³-hybridized carbons (Fsp3) is 0.846. The summed E-state index contributed by atoms with van der Waals surface area (Å²) in [4.78, 5) is 27.8. The number of likely N-dealkylation sites (N-methyl/N-ethyl adjacent to an activating group) is 1. The Kier molecular flexibility index (Phi) is 6.80. The van der Waals surface area contributed by atoms with Gasteiger partial charge in [0, 0.05) is 26.2 Å². The average molecular weight is 272 g/mol. The molecule has 19 heavy (non-hydrogen) atoms. The van der Waals surface area contributed by atoms with Crippen LogP contribution in [0.5, 0.6) is 0 Å². The van der Waals surface area contributed by atoms with E-state index in [0.717, 1.165) is 26.2 Å². The molecule has 0 N–H and O–H groups in total. The van der Waals surface area contributed by atoms with E-state index >= 15 is 0 Å². The molecule has 0 aromatic rings. The molecular formula is C13H24N2O4. The lowest BCUT2D eigenvalue weighted by molar-refractivity contribution is -0.157. The summed E-state index contributed by atoms with van der Waals surface area (Å²) in [6.07, 6.45) is 0.0659. The SMILES string of the molecule is CCOC(=O)C[C@@H](C(=O)OCC)N1CCN(C)CC1. The quantitative estimate of drug-likeness (QED) is 0.640. The standard InChI is InChI=1S/C13H24N2O4/c1-4-18-12(16)10-11(13(17)19-5-2)15-8-6-14(3)7-9-15/h11H,4-10H2,1-3H3/t11-/m0/s1. The molecule has 1 aliphatic heterocycles. The van der Waals surface area contributed by atoms with Gasteiger partial charge in [-0.15, -0.1) is 0 Å². The monoisotopic (exact) mass is 272 g/mol. The van der Waals surface area contributed by atoms with Crippen molar-refractivity contribution in [3.63, 3.8) is 0 Å². The fourth-order valence-corrected chi connectivity index (χ4v) is 2.11. The van der Waals surface area contributed by atoms with Crippen LogP contribution in [0.3, 0.4) is 0 Å². The van der Waals surface area contributed by atoms with E-state index in [4.69, 9.17) is 9.47 Å². The topological polar surface area (TPSA) is 59.1 Å². The summed E-state index contributed by atoms with van der Waals surface area (Å²) in [5, 5.41) is 0. The first-order valence-electron chi connectivity index (χ1n) is 6.83. The first kappa shape index (κ1) is 15.9. The Morgan fingerprint density at radius 3 is 2.16 bits per heavy atom. The molecule has 6 heteroatoms. The maximum atomic E-state index is 12.0. The van der Waals surface area contributed by atoms with E-state index < -0.39 is 6.04 Å². The van der Waals surface area contributed by atoms with Crippen molar-refractivity contribution in [2.45, 2.75) is 26.3 Å². The molecule has 1 heterocycles. The number of rotatable bonds is 6. The fourth-order valence-electron chi connectivity index (χ4n) is 2.11. The number of hydrogen-bond donors (Lipinski definition) is 0. The molecule has 0 aromatic carbocycles. The van der Waals surface area contributed by atoms with E-state index in [1.807, 2.05) is 11.9 Å². The maximum Gasteiger partial charge on any atom is 0.323 e. The van der Waals surface area contributed by atoms with Crippen molar-refractivity contribution >= 4 is 11.9 Å². The smallest absolute Gasteiger partial charge is 0.323 e. The lowest BCUT2D eigenvalue weighted by Crippen LogP contribution is -2.52. The van der Waals surface area contributed by atoms with Gasteiger partial charge in [-0.3, -0.25) is 14.5 Å². The van der Waals surface area contributed by atoms with Crippen molar-refractivity contribution in [2.75, 3.05) is 46.4 Å². The second-order valence-corrected chi connectivity index (χ2v) is 4.62. The van der Waals surface area contributed by atoms with Crippen molar-refractivity contribution in [1.82, 2.24) is 9.80 Å². The molecule has 1 rings (SSSR count). The predicted octanol–water partition coefficient (Wildman–Crippen LogP) is 0.119. The zero-order valence-electron chi connectivity index (χ0n) is 12.1. The Morgan fingerprint density at radius 2 is 1.63 bits per heavy atom. The number of carbonyl (C=O) groups excluding carboxylic acids is 2. The molecule has 0 radical (unpaired) electrons. The van der Waals surface area contributed by atoms with Crippen molar-refractivity contribution in [1.29, 1.82) is 0 Å². The van der Waals surface area contributed by atoms with Crippen molar-refractivity contribution in [3.05, 3.63) is 0 Å². The molecule has 0 spiro atoms. The molecule has 110 valence electrons. The number of esters is 2. The second-order valence-electron chi connectivity index (χ2n) is 4.62. The lowest BCUT2D eigenvalue weighted by Gasteiger charge is -2.36. The minimum Gasteiger partial charge on any atom is -0.466 e. The van der Waals surface area contributed by atoms with Gasteiger partial charge in [0.05, 0.1) is 19.6 Å². The summed E-state index contributed by atoms with van der Waals surface area (Å²) in [5.41, 5.74) is 0. The van der Waals surface area contributed by atoms with Crippen LogP contribution >= 0.6 is 0 Å². The van der Waals surface area contributed by atoms with Gasteiger partial charge in [0.1, 0.15) is 6.04 Å². The third-order valence-electron chi connectivity index (χ3n) is 3.20. The summed E-state index contributed by atoms with van der Waals surface area (Å²) in [7, 11) is 2.04. The van der Waals surface area contributed by atoms with Gasteiger partial charge in [-0.25, -0.2) is 0 Å². The Morgan fingerprint density at radius 1 is 1.05 bits per heavy atom. The summed E-state index contributed by atoms with van der Waals surface area (Å²) in [6.45, 7) is 7.48. The van der Waals surface area contributed by atoms with E-state index in [1.165, 1.54) is 0 Å². The summed E-state index contributed by atoms with van der Waals surface area (Å²) in [5.74, 6) is -0.681. The number of hydrogen-bond acceptors (Lipinski definition) is 6. The number of nitrogens with zero attached hydrogens (tertiary/aromatic N) is 2. The first-order chi connectivity index (χ1) is 9.08. The molecule has 1 saturated heterocycles. The number of ether oxygens (including phenoxy) is 2. The first-order valence-corrected chi connectivity index (χ1v) is 6.83. The van der Waals surface area contributed by atoms with E-state index in [9.17, 15) is 9.59 Å². The Balaban J connectivity index is 2.63. The highest BCUT2D eigenvalue weighted by Crippen LogP contribution is 2.11. The van der Waals surface area contributed by atoms with Crippen LogP contribution in [0.2, 0.25) is 0 Å². The second kappa shape index (κ2) is 8.12. The molecule has 0 bridgehead atoms. The average Bonchev–Trinajstić information content (AvgIpc) is 2.38. The van der Waals surface area contributed by atoms with E-state index in [0.29, 0.717) is 13.2 Å². The number of piperazine rings is 1. The maximum absolute atomic E-state index is 12.0. The van der Waals surface area contributed by atoms with Crippen molar-refractivity contribution in [3.8, 4) is 0 Å². The third kappa shape index (κ3) is 5.16. The molecule has 1 aliphatic rings. The van der Waals surface area contributed by atoms with E-state index in [-0.39, 0.29) is 18.4 Å². The van der Waals surface area contributed by atoms with Gasteiger partial charge in [-0.05, 0) is 20.9 Å². The summed E-state index contributed by atoms with van der Waals surface area (Å²) < 4.78 is 9.99. The Bertz CT molecular complexity index is 301. The highest BCUT2D eigenvalue weighted by Gasteiger charge is 2.31. The van der Waals surface area contributed by atoms with Gasteiger partial charge in [-0.2, -0.15) is 0 Å². The Hall–Kier alpha value is -1.14. The zero-order valence-corrected chi connectivity index (χ0v) is 12.1. The van der Waals surface area contributed by atoms with Crippen LogP contribution in [0, 0.1) is 0 Å². The molecule has 1 fully saturated rings. The van der Waals surface area contributed by atoms with Crippen LogP contribution in [0.4, 0.5) is 0 Å². The zero-order chi connectivity index (χ0) is 14.3. The Labute approximate surface area is 114 Å². The molecule has 0 aliphatic carbocycles. The summed E-state index contributed by atoms with van der Waals surface area (Å²) in [6, 6.07) is -0.521. The highest BCUT2D eigenvalue weighted by atomic mass is 16.5. The molecular weight excluding hydrogens is 248 g/mol. The highest BCUT2D eigenvalue weighted by molar-refractivity contribution is 5.82. The van der Waals surface area contributed by atoms with E-state index in [1.54, 1.807) is 13.8 Å². The van der Waals surface area contributed by atoms with Gasteiger partial charge < -0.3 is 14.4 Å². The molecule has 1 atom stereocenters. The minimum absolute atomic E-state index is 0.0659. The van der Waals surface area contributed by atoms with Crippen LogP contribution < -0.4 is 0 Å². The van der Waals surface area contributed by atoms with Crippen molar-refractivity contribution < 1.29 is 19.1 Å². The van der Waals surface area contributed by atoms with E-state index in [2.05, 4.69) is 4.90 Å². The third-order valence-corrected chi connectivity index (χ3v) is 3.20. The van der Waals surface area contributed by atoms with Gasteiger partial charge in [0.15, 0.2) is 0 Å². The minimum atomic E-state index is -0.521. The van der Waals surface area contributed by atoms with Gasteiger partial charge >= 0.3 is 11.9 Å². The largest absolute Gasteiger partial charge is 0.466 e. The molecule has 0 saturated carbocycles. The van der Waals surface area contributed by atoms with Gasteiger partial charge in [0.2, 0.25) is 0 Å².